The summed E-state index contributed by atoms with van der Waals surface area (Å²) in [6, 6.07) is 7.16. The van der Waals surface area contributed by atoms with Crippen LogP contribution in [-0.4, -0.2) is 11.8 Å². The lowest BCUT2D eigenvalue weighted by molar-refractivity contribution is -0.111. The topological polar surface area (TPSA) is 72.2 Å². The fraction of sp³-hybridized carbons (Fsp3) is 0.176. The second kappa shape index (κ2) is 6.56. The molecule has 2 amide bonds. The van der Waals surface area contributed by atoms with Crippen LogP contribution >= 0.6 is 22.9 Å². The van der Waals surface area contributed by atoms with Crippen LogP contribution in [0.15, 0.2) is 30.3 Å². The molecule has 0 fully saturated rings. The highest BCUT2D eigenvalue weighted by Gasteiger charge is 2.25. The molecule has 0 atom stereocenters. The van der Waals surface area contributed by atoms with Gasteiger partial charge >= 0.3 is 0 Å². The quantitative estimate of drug-likeness (QED) is 0.829. The summed E-state index contributed by atoms with van der Waals surface area (Å²) in [6.45, 7) is 0. The molecule has 4 nitrogen and oxygen atoms in total. The van der Waals surface area contributed by atoms with Crippen molar-refractivity contribution in [3.63, 3.8) is 0 Å². The Morgan fingerprint density at radius 2 is 1.96 bits per heavy atom. The van der Waals surface area contributed by atoms with Crippen molar-refractivity contribution >= 4 is 45.8 Å². The van der Waals surface area contributed by atoms with Gasteiger partial charge in [0.2, 0.25) is 5.91 Å². The molecule has 1 aliphatic carbocycles. The van der Waals surface area contributed by atoms with Crippen molar-refractivity contribution in [3.8, 4) is 0 Å². The average molecular weight is 347 g/mol. The number of primary amides is 1. The van der Waals surface area contributed by atoms with Gasteiger partial charge in [-0.05, 0) is 48.6 Å². The third kappa shape index (κ3) is 3.46. The van der Waals surface area contributed by atoms with Crippen LogP contribution in [0.3, 0.4) is 0 Å². The van der Waals surface area contributed by atoms with Crippen molar-refractivity contribution in [2.24, 2.45) is 5.73 Å². The van der Waals surface area contributed by atoms with E-state index in [4.69, 9.17) is 17.3 Å². The number of carbonyl (C=O) groups excluding carboxylic acids is 2. The van der Waals surface area contributed by atoms with Gasteiger partial charge in [0.25, 0.3) is 5.91 Å². The Morgan fingerprint density at radius 1 is 1.22 bits per heavy atom. The number of carbonyl (C=O) groups is 2. The zero-order chi connectivity index (χ0) is 16.4. The molecule has 0 aliphatic heterocycles. The molecule has 3 N–H and O–H groups in total. The highest BCUT2D eigenvalue weighted by atomic mass is 35.5. The monoisotopic (exact) mass is 346 g/mol. The molecular formula is C17H15ClN2O2S. The second-order valence-electron chi connectivity index (χ2n) is 5.30. The van der Waals surface area contributed by atoms with E-state index >= 15 is 0 Å². The van der Waals surface area contributed by atoms with Gasteiger partial charge in [-0.15, -0.1) is 11.3 Å². The summed E-state index contributed by atoms with van der Waals surface area (Å²) in [7, 11) is 0. The van der Waals surface area contributed by atoms with Crippen molar-refractivity contribution in [1.82, 2.24) is 0 Å². The Morgan fingerprint density at radius 3 is 2.65 bits per heavy atom. The molecule has 0 saturated carbocycles. The van der Waals surface area contributed by atoms with Gasteiger partial charge in [-0.2, -0.15) is 0 Å². The van der Waals surface area contributed by atoms with E-state index in [1.165, 1.54) is 17.4 Å². The Balaban J connectivity index is 1.76. The molecule has 0 bridgehead atoms. The van der Waals surface area contributed by atoms with Crippen molar-refractivity contribution < 1.29 is 9.59 Å². The molecule has 0 unspecified atom stereocenters. The molecule has 2 aromatic rings. The van der Waals surface area contributed by atoms with Gasteiger partial charge in [0.15, 0.2) is 0 Å². The summed E-state index contributed by atoms with van der Waals surface area (Å²) in [6.07, 6.45) is 5.94. The van der Waals surface area contributed by atoms with Gasteiger partial charge in [0.1, 0.15) is 5.00 Å². The number of halogens is 1. The normalized spacial score (nSPS) is 13.3. The first-order chi connectivity index (χ1) is 11.0. The van der Waals surface area contributed by atoms with E-state index in [9.17, 15) is 9.59 Å². The van der Waals surface area contributed by atoms with Gasteiger partial charge in [0, 0.05) is 16.0 Å². The number of fused-ring (bicyclic) bond motifs is 1. The van der Waals surface area contributed by atoms with Crippen molar-refractivity contribution in [2.75, 3.05) is 5.32 Å². The van der Waals surface area contributed by atoms with Crippen LogP contribution in [0.5, 0.6) is 0 Å². The van der Waals surface area contributed by atoms with Crippen molar-refractivity contribution in [2.45, 2.75) is 19.3 Å². The van der Waals surface area contributed by atoms with Crippen LogP contribution < -0.4 is 11.1 Å². The molecular weight excluding hydrogens is 332 g/mol. The van der Waals surface area contributed by atoms with Gasteiger partial charge in [0.05, 0.1) is 5.56 Å². The zero-order valence-electron chi connectivity index (χ0n) is 12.3. The molecule has 1 aliphatic rings. The average Bonchev–Trinajstić information content (AvgIpc) is 3.06. The predicted octanol–water partition coefficient (Wildman–Crippen LogP) is 3.64. The van der Waals surface area contributed by atoms with Gasteiger partial charge in [-0.1, -0.05) is 23.7 Å². The predicted molar refractivity (Wildman–Crippen MR) is 94.0 cm³/mol. The van der Waals surface area contributed by atoms with E-state index in [-0.39, 0.29) is 5.91 Å². The lowest BCUT2D eigenvalue weighted by Gasteiger charge is -2.03. The Hall–Kier alpha value is -2.11. The maximum absolute atomic E-state index is 12.1. The Labute approximate surface area is 143 Å². The van der Waals surface area contributed by atoms with Crippen molar-refractivity contribution in [3.05, 3.63) is 56.9 Å². The highest BCUT2D eigenvalue weighted by Crippen LogP contribution is 2.38. The van der Waals surface area contributed by atoms with Gasteiger partial charge in [-0.25, -0.2) is 0 Å². The SMILES string of the molecule is NC(=O)c1c(NC(=O)/C=C\c2ccc(Cl)cc2)sc2c1CCC2. The first-order valence-electron chi connectivity index (χ1n) is 7.23. The van der Waals surface area contributed by atoms with E-state index in [2.05, 4.69) is 5.32 Å². The van der Waals surface area contributed by atoms with E-state index in [0.717, 1.165) is 35.3 Å². The highest BCUT2D eigenvalue weighted by molar-refractivity contribution is 7.17. The lowest BCUT2D eigenvalue weighted by atomic mass is 10.1. The molecule has 3 rings (SSSR count). The smallest absolute Gasteiger partial charge is 0.251 e. The first-order valence-corrected chi connectivity index (χ1v) is 8.43. The summed E-state index contributed by atoms with van der Waals surface area (Å²) >= 11 is 7.26. The third-order valence-corrected chi connectivity index (χ3v) is 5.16. The molecule has 23 heavy (non-hydrogen) atoms. The van der Waals surface area contributed by atoms with Gasteiger partial charge in [-0.3, -0.25) is 9.59 Å². The molecule has 0 saturated heterocycles. The second-order valence-corrected chi connectivity index (χ2v) is 6.84. The molecule has 1 aromatic heterocycles. The van der Waals surface area contributed by atoms with Crippen LogP contribution in [0.1, 0.15) is 32.8 Å². The fourth-order valence-corrected chi connectivity index (χ4v) is 4.08. The van der Waals surface area contributed by atoms with Crippen LogP contribution in [0, 0.1) is 0 Å². The molecule has 0 radical (unpaired) electrons. The first kappa shape index (κ1) is 15.8. The van der Waals surface area contributed by atoms with Crippen LogP contribution in [0.2, 0.25) is 5.02 Å². The van der Waals surface area contributed by atoms with E-state index < -0.39 is 5.91 Å². The number of nitrogens with one attached hydrogen (secondary N) is 1. The molecule has 1 heterocycles. The Bertz CT molecular complexity index is 794. The van der Waals surface area contributed by atoms with Crippen LogP contribution in [0.25, 0.3) is 6.08 Å². The largest absolute Gasteiger partial charge is 0.365 e. The maximum Gasteiger partial charge on any atom is 0.251 e. The lowest BCUT2D eigenvalue weighted by Crippen LogP contribution is -2.16. The molecule has 0 spiro atoms. The standard InChI is InChI=1S/C17H15ClN2O2S/c18-11-7-4-10(5-8-11)6-9-14(21)20-17-15(16(19)22)12-2-1-3-13(12)23-17/h4-9H,1-3H2,(H2,19,22)(H,20,21)/b9-6-. The van der Waals surface area contributed by atoms with E-state index in [1.54, 1.807) is 18.2 Å². The number of benzene rings is 1. The fourth-order valence-electron chi connectivity index (χ4n) is 2.65. The summed E-state index contributed by atoms with van der Waals surface area (Å²) in [4.78, 5) is 24.9. The molecule has 118 valence electrons. The summed E-state index contributed by atoms with van der Waals surface area (Å²) in [5, 5.41) is 3.96. The third-order valence-electron chi connectivity index (χ3n) is 3.70. The molecule has 1 aromatic carbocycles. The minimum atomic E-state index is -0.485. The zero-order valence-corrected chi connectivity index (χ0v) is 13.8. The number of nitrogens with two attached hydrogens (primary N) is 1. The minimum Gasteiger partial charge on any atom is -0.365 e. The number of anilines is 1. The minimum absolute atomic E-state index is 0.289. The van der Waals surface area contributed by atoms with Crippen LogP contribution in [-0.2, 0) is 17.6 Å². The number of rotatable bonds is 4. The summed E-state index contributed by atoms with van der Waals surface area (Å²) in [5.74, 6) is -0.774. The summed E-state index contributed by atoms with van der Waals surface area (Å²) in [5.41, 5.74) is 7.81. The van der Waals surface area contributed by atoms with Crippen molar-refractivity contribution in [1.29, 1.82) is 0 Å². The Kier molecular flexibility index (Phi) is 4.50. The van der Waals surface area contributed by atoms with Crippen LogP contribution in [0.4, 0.5) is 5.00 Å². The number of amides is 2. The molecule has 6 heteroatoms. The van der Waals surface area contributed by atoms with Gasteiger partial charge < -0.3 is 11.1 Å². The van der Waals surface area contributed by atoms with E-state index in [0.29, 0.717) is 15.6 Å². The number of hydrogen-bond acceptors (Lipinski definition) is 3. The summed E-state index contributed by atoms with van der Waals surface area (Å²) < 4.78 is 0. The number of hydrogen-bond donors (Lipinski definition) is 2. The van der Waals surface area contributed by atoms with E-state index in [1.807, 2.05) is 12.1 Å². The number of aryl methyl sites for hydroxylation is 1. The maximum atomic E-state index is 12.1. The number of thiophene rings is 1.